The molecule has 0 radical (unpaired) electrons. The average molecular weight is 313 g/mol. The molecule has 1 rings (SSSR count). The summed E-state index contributed by atoms with van der Waals surface area (Å²) in [7, 11) is -3.22. The van der Waals surface area contributed by atoms with Gasteiger partial charge in [-0.25, -0.2) is 4.57 Å². The van der Waals surface area contributed by atoms with Crippen molar-refractivity contribution < 1.29 is 18.5 Å². The molecule has 1 aromatic carbocycles. The van der Waals surface area contributed by atoms with Gasteiger partial charge in [0.1, 0.15) is 5.75 Å². The lowest BCUT2D eigenvalue weighted by Crippen LogP contribution is -2.03. The number of nitro benzene ring substituents is 1. The average Bonchev–Trinajstić information content (AvgIpc) is 2.44. The summed E-state index contributed by atoms with van der Waals surface area (Å²) in [5, 5.41) is 10.6. The van der Waals surface area contributed by atoms with E-state index in [1.807, 2.05) is 6.08 Å². The summed E-state index contributed by atoms with van der Waals surface area (Å²) < 4.78 is 23.3. The maximum absolute atomic E-state index is 12.6. The Bertz CT molecular complexity index is 515. The lowest BCUT2D eigenvalue weighted by molar-refractivity contribution is -0.384. The van der Waals surface area contributed by atoms with Crippen LogP contribution < -0.4 is 4.52 Å². The van der Waals surface area contributed by atoms with E-state index in [-0.39, 0.29) is 12.3 Å². The summed E-state index contributed by atoms with van der Waals surface area (Å²) >= 11 is 0. The van der Waals surface area contributed by atoms with Crippen LogP contribution in [0.4, 0.5) is 5.69 Å². The van der Waals surface area contributed by atoms with Gasteiger partial charge in [-0.05, 0) is 38.3 Å². The molecule has 0 N–H and O–H groups in total. The highest BCUT2D eigenvalue weighted by molar-refractivity contribution is 7.54. The largest absolute Gasteiger partial charge is 0.424 e. The van der Waals surface area contributed by atoms with Crippen molar-refractivity contribution in [2.24, 2.45) is 0 Å². The minimum absolute atomic E-state index is 0.0421. The predicted octanol–water partition coefficient (Wildman–Crippen LogP) is 4.56. The Morgan fingerprint density at radius 1 is 1.33 bits per heavy atom. The van der Waals surface area contributed by atoms with Crippen LogP contribution in [-0.4, -0.2) is 17.7 Å². The van der Waals surface area contributed by atoms with E-state index < -0.39 is 12.5 Å². The summed E-state index contributed by atoms with van der Waals surface area (Å²) in [5.41, 5.74) is -0.0421. The number of nitro groups is 1. The van der Waals surface area contributed by atoms with Crippen molar-refractivity contribution in [1.82, 2.24) is 0 Å². The lowest BCUT2D eigenvalue weighted by Gasteiger charge is -2.18. The fourth-order valence-corrected chi connectivity index (χ4v) is 3.44. The molecule has 1 aromatic rings. The molecule has 0 spiro atoms. The molecule has 0 aromatic heterocycles. The van der Waals surface area contributed by atoms with E-state index in [1.54, 1.807) is 6.92 Å². The van der Waals surface area contributed by atoms with Gasteiger partial charge in [-0.2, -0.15) is 0 Å². The summed E-state index contributed by atoms with van der Waals surface area (Å²) in [4.78, 5) is 10.1. The number of rotatable bonds is 10. The van der Waals surface area contributed by atoms with E-state index in [0.29, 0.717) is 18.3 Å². The molecular formula is C14H20NO5P. The zero-order chi connectivity index (χ0) is 15.7. The molecule has 1 atom stereocenters. The lowest BCUT2D eigenvalue weighted by atomic mass is 10.2. The van der Waals surface area contributed by atoms with Crippen molar-refractivity contribution in [3.05, 3.63) is 47.0 Å². The van der Waals surface area contributed by atoms with Crippen LogP contribution in [0.2, 0.25) is 0 Å². The molecule has 1 unspecified atom stereocenters. The first-order valence-corrected chi connectivity index (χ1v) is 8.52. The highest BCUT2D eigenvalue weighted by Crippen LogP contribution is 2.49. The molecule has 0 amide bonds. The number of hydrogen-bond donors (Lipinski definition) is 0. The maximum atomic E-state index is 12.6. The molecule has 0 aliphatic rings. The van der Waals surface area contributed by atoms with E-state index in [9.17, 15) is 14.7 Å². The number of nitrogens with zero attached hydrogens (tertiary/aromatic N) is 1. The van der Waals surface area contributed by atoms with Crippen LogP contribution in [0.1, 0.15) is 26.2 Å². The third kappa shape index (κ3) is 6.10. The number of benzene rings is 1. The first kappa shape index (κ1) is 17.4. The van der Waals surface area contributed by atoms with Crippen molar-refractivity contribution >= 4 is 13.3 Å². The Labute approximate surface area is 124 Å². The van der Waals surface area contributed by atoms with Crippen molar-refractivity contribution in [2.75, 3.05) is 12.8 Å². The Hall–Kier alpha value is -1.65. The second-order valence-electron chi connectivity index (χ2n) is 4.38. The standard InChI is InChI=1S/C14H20NO5P/c1-3-5-6-7-12-21(18,19-4-2)20-14-10-8-13(9-11-14)15(16)17/h3,8-11H,1,4-7,12H2,2H3. The zero-order valence-electron chi connectivity index (χ0n) is 12.1. The topological polar surface area (TPSA) is 78.7 Å². The van der Waals surface area contributed by atoms with Gasteiger partial charge in [0, 0.05) is 12.1 Å². The fourth-order valence-electron chi connectivity index (χ4n) is 1.72. The van der Waals surface area contributed by atoms with Crippen molar-refractivity contribution in [1.29, 1.82) is 0 Å². The van der Waals surface area contributed by atoms with Crippen molar-refractivity contribution in [3.8, 4) is 5.75 Å². The molecule has 0 aliphatic heterocycles. The number of hydrogen-bond acceptors (Lipinski definition) is 5. The van der Waals surface area contributed by atoms with E-state index in [2.05, 4.69) is 6.58 Å². The van der Waals surface area contributed by atoms with Gasteiger partial charge in [-0.15, -0.1) is 6.58 Å². The van der Waals surface area contributed by atoms with Crippen LogP contribution in [0, 0.1) is 10.1 Å². The van der Waals surface area contributed by atoms with Gasteiger partial charge in [0.05, 0.1) is 17.7 Å². The second kappa shape index (κ2) is 8.60. The Balaban J connectivity index is 2.69. The molecule has 0 aliphatic carbocycles. The summed E-state index contributed by atoms with van der Waals surface area (Å²) in [6.07, 6.45) is 4.54. The van der Waals surface area contributed by atoms with E-state index >= 15 is 0 Å². The molecule has 116 valence electrons. The minimum Gasteiger partial charge on any atom is -0.424 e. The quantitative estimate of drug-likeness (QED) is 0.208. The van der Waals surface area contributed by atoms with Gasteiger partial charge in [-0.1, -0.05) is 6.08 Å². The first-order chi connectivity index (χ1) is 10.0. The van der Waals surface area contributed by atoms with Crippen LogP contribution in [0.25, 0.3) is 0 Å². The first-order valence-electron chi connectivity index (χ1n) is 6.79. The third-order valence-electron chi connectivity index (χ3n) is 2.71. The van der Waals surface area contributed by atoms with Gasteiger partial charge < -0.3 is 9.05 Å². The van der Waals surface area contributed by atoms with Crippen molar-refractivity contribution in [3.63, 3.8) is 0 Å². The van der Waals surface area contributed by atoms with Crippen LogP contribution in [-0.2, 0) is 9.09 Å². The van der Waals surface area contributed by atoms with Crippen LogP contribution in [0.15, 0.2) is 36.9 Å². The zero-order valence-corrected chi connectivity index (χ0v) is 13.0. The van der Waals surface area contributed by atoms with Crippen molar-refractivity contribution in [2.45, 2.75) is 26.2 Å². The molecule has 6 nitrogen and oxygen atoms in total. The van der Waals surface area contributed by atoms with Crippen LogP contribution >= 0.6 is 7.60 Å². The Kier molecular flexibility index (Phi) is 7.12. The van der Waals surface area contributed by atoms with E-state index in [1.165, 1.54) is 24.3 Å². The fraction of sp³-hybridized carbons (Fsp3) is 0.429. The molecular weight excluding hydrogens is 293 g/mol. The summed E-state index contributed by atoms with van der Waals surface area (Å²) in [6.45, 7) is 5.66. The second-order valence-corrected chi connectivity index (χ2v) is 6.49. The Morgan fingerprint density at radius 2 is 2.00 bits per heavy atom. The molecule has 0 heterocycles. The molecule has 21 heavy (non-hydrogen) atoms. The molecule has 7 heteroatoms. The van der Waals surface area contributed by atoms with Gasteiger partial charge >= 0.3 is 7.60 Å². The predicted molar refractivity (Wildman–Crippen MR) is 81.9 cm³/mol. The molecule has 0 fully saturated rings. The normalized spacial score (nSPS) is 13.4. The highest BCUT2D eigenvalue weighted by atomic mass is 31.2. The number of unbranched alkanes of at least 4 members (excludes halogenated alkanes) is 2. The van der Waals surface area contributed by atoms with Crippen LogP contribution in [0.3, 0.4) is 0 Å². The number of allylic oxidation sites excluding steroid dienone is 1. The maximum Gasteiger partial charge on any atom is 0.379 e. The summed E-state index contributed by atoms with van der Waals surface area (Å²) in [6, 6.07) is 5.47. The molecule has 0 saturated heterocycles. The monoisotopic (exact) mass is 313 g/mol. The minimum atomic E-state index is -3.22. The SMILES string of the molecule is C=CCCCCP(=O)(OCC)Oc1ccc([N+](=O)[O-])cc1. The van der Waals surface area contributed by atoms with Gasteiger partial charge in [0.25, 0.3) is 5.69 Å². The van der Waals surface area contributed by atoms with E-state index in [4.69, 9.17) is 9.05 Å². The smallest absolute Gasteiger partial charge is 0.379 e. The van der Waals surface area contributed by atoms with Gasteiger partial charge in [-0.3, -0.25) is 10.1 Å². The third-order valence-corrected chi connectivity index (χ3v) is 4.71. The summed E-state index contributed by atoms with van der Waals surface area (Å²) in [5.74, 6) is 0.307. The van der Waals surface area contributed by atoms with Gasteiger partial charge in [0.2, 0.25) is 0 Å². The van der Waals surface area contributed by atoms with E-state index in [0.717, 1.165) is 12.8 Å². The number of non-ortho nitro benzene ring substituents is 1. The molecule has 0 saturated carbocycles. The molecule has 0 bridgehead atoms. The van der Waals surface area contributed by atoms with Crippen LogP contribution in [0.5, 0.6) is 5.75 Å². The highest BCUT2D eigenvalue weighted by Gasteiger charge is 2.25. The van der Waals surface area contributed by atoms with Gasteiger partial charge in [0.15, 0.2) is 0 Å². The Morgan fingerprint density at radius 3 is 2.52 bits per heavy atom.